The number of pyridine rings is 1. The highest BCUT2D eigenvalue weighted by Crippen LogP contribution is 2.41. The van der Waals surface area contributed by atoms with Crippen molar-refractivity contribution < 1.29 is 56.2 Å². The van der Waals surface area contributed by atoms with Gasteiger partial charge in [0.1, 0.15) is 76.1 Å². The van der Waals surface area contributed by atoms with E-state index in [-0.39, 0.29) is 79.0 Å². The van der Waals surface area contributed by atoms with E-state index in [1.54, 1.807) is 65.5 Å². The van der Waals surface area contributed by atoms with Crippen LogP contribution in [0.4, 0.5) is 19.0 Å². The first-order chi connectivity index (χ1) is 39.2. The number of amides is 6. The van der Waals surface area contributed by atoms with E-state index >= 15 is 0 Å². The molecule has 31 heteroatoms. The summed E-state index contributed by atoms with van der Waals surface area (Å²) in [4.78, 5) is 128. The number of hydrogen-bond donors (Lipinski definition) is 6. The van der Waals surface area contributed by atoms with Crippen LogP contribution in [0.15, 0.2) is 64.0 Å². The van der Waals surface area contributed by atoms with Gasteiger partial charge in [-0.15, -0.1) is 68.0 Å². The Bertz CT molecular complexity index is 3720. The van der Waals surface area contributed by atoms with Crippen LogP contribution in [0.2, 0.25) is 0 Å². The molecule has 1 aliphatic rings. The summed E-state index contributed by atoms with van der Waals surface area (Å²) in [5, 5.41) is 23.5. The second kappa shape index (κ2) is 25.1. The average Bonchev–Trinajstić information content (AvgIpc) is 4.33. The van der Waals surface area contributed by atoms with Gasteiger partial charge in [0.15, 0.2) is 6.10 Å². The quantitative estimate of drug-likeness (QED) is 0.0701. The maximum Gasteiger partial charge on any atom is 0.471 e. The molecule has 10 bridgehead atoms. The zero-order valence-electron chi connectivity index (χ0n) is 43.7. The minimum absolute atomic E-state index is 0.0171. The van der Waals surface area contributed by atoms with Crippen LogP contribution in [0.25, 0.3) is 43.4 Å². The molecule has 8 heterocycles. The van der Waals surface area contributed by atoms with Gasteiger partial charge in [-0.1, -0.05) is 44.2 Å². The first-order valence-electron chi connectivity index (χ1n) is 24.5. The number of aryl methyl sites for hydroxylation is 1. The monoisotopic (exact) mass is 1230 g/mol. The number of fused-ring (bicyclic) bond motifs is 14. The molecule has 0 radical (unpaired) electrons. The molecule has 1 aliphatic heterocycles. The van der Waals surface area contributed by atoms with Gasteiger partial charge in [-0.25, -0.2) is 34.9 Å². The molecule has 1 aromatic carbocycles. The van der Waals surface area contributed by atoms with Gasteiger partial charge in [-0.2, -0.15) is 13.2 Å². The van der Waals surface area contributed by atoms with Crippen LogP contribution in [0.5, 0.6) is 0 Å². The SMILES string of the molecule is CNC(=O)C[C@@H]1NC(=O)c2csc(n2)-c2ccc(-c3nc(NC(=O)C(F)(F)F)cs3)nc2-c2csc(n2)-c2csc(n2)C([C@@H](OC(C)=O)c2ccccc2)NC(=O)CNC(=O)c2nc(sc2COC)[C@@H](C(C)C)NC(=O)c2nc1sc2C. The summed E-state index contributed by atoms with van der Waals surface area (Å²) in [6.45, 7) is 6.00. The molecule has 6 N–H and O–H groups in total. The zero-order valence-corrected chi connectivity index (χ0v) is 48.6. The minimum atomic E-state index is -5.17. The predicted octanol–water partition coefficient (Wildman–Crippen LogP) is 8.38. The summed E-state index contributed by atoms with van der Waals surface area (Å²) in [6.07, 6.45) is -6.56. The largest absolute Gasteiger partial charge is 0.471 e. The minimum Gasteiger partial charge on any atom is -0.455 e. The van der Waals surface area contributed by atoms with Crippen molar-refractivity contribution >= 4 is 115 Å². The lowest BCUT2D eigenvalue weighted by Gasteiger charge is -2.26. The molecule has 8 aromatic rings. The molecule has 82 heavy (non-hydrogen) atoms. The summed E-state index contributed by atoms with van der Waals surface area (Å²) in [6, 6.07) is 8.91. The van der Waals surface area contributed by atoms with E-state index < -0.39 is 78.4 Å². The van der Waals surface area contributed by atoms with E-state index in [2.05, 4.69) is 46.5 Å². The van der Waals surface area contributed by atoms with Gasteiger partial charge in [0.25, 0.3) is 17.7 Å². The van der Waals surface area contributed by atoms with Crippen molar-refractivity contribution in [1.29, 1.82) is 0 Å². The molecule has 6 amide bonds. The standard InChI is InChI=1S/C51H46F3N13O9S6/c1-21(2)35-49-67-38(31(82-49)16-75-6)42(72)56-15-34(70)64-39(40(76-23(4)68)24-10-8-7-9-11-24)48-61-30(19-79-48)46-59-28(17-78-46)37-25(12-13-26(57-37)45-62-32(20-80-45)63-50(74)51(52,53)54)44-60-29(18-77-44)41(71)58-27(14-33(69)55-5)47-66-36(22(3)81-47)43(73)65-35/h7-13,17-21,27,35,39-40H,14-16H2,1-6H3,(H,55,69)(H,56,72)(H,58,71)(H,63,74)(H,64,70)(H,65,73)/t27-,35+,39?,40-/m0/s1. The number of carbonyl (C=O) groups is 7. The summed E-state index contributed by atoms with van der Waals surface area (Å²) in [5.41, 5.74) is 1.79. The van der Waals surface area contributed by atoms with E-state index in [1.165, 1.54) is 43.2 Å². The molecule has 1 unspecified atom stereocenters. The van der Waals surface area contributed by atoms with Crippen LogP contribution < -0.4 is 31.9 Å². The molecule has 7 aromatic heterocycles. The van der Waals surface area contributed by atoms with Gasteiger partial charge in [0.2, 0.25) is 11.8 Å². The van der Waals surface area contributed by atoms with E-state index in [1.807, 2.05) is 13.8 Å². The number of nitrogens with one attached hydrogen (secondary N) is 6. The highest BCUT2D eigenvalue weighted by Gasteiger charge is 2.39. The van der Waals surface area contributed by atoms with Gasteiger partial charge >= 0.3 is 18.1 Å². The number of halogens is 3. The fourth-order valence-corrected chi connectivity index (χ4v) is 13.6. The highest BCUT2D eigenvalue weighted by atomic mass is 32.1. The maximum absolute atomic E-state index is 14.2. The van der Waals surface area contributed by atoms with Crippen LogP contribution in [-0.2, 0) is 35.3 Å². The van der Waals surface area contributed by atoms with E-state index in [4.69, 9.17) is 24.4 Å². The number of ether oxygens (including phenoxy) is 2. The molecular formula is C51H46F3N13O9S6. The number of nitrogens with zero attached hydrogens (tertiary/aromatic N) is 7. The fraction of sp³-hybridized carbons (Fsp3) is 0.294. The van der Waals surface area contributed by atoms with Crippen LogP contribution >= 0.6 is 68.0 Å². The van der Waals surface area contributed by atoms with Crippen LogP contribution in [0.1, 0.15) is 113 Å². The number of anilines is 1. The summed E-state index contributed by atoms with van der Waals surface area (Å²) < 4.78 is 50.8. The topological polar surface area (TPSA) is 300 Å². The lowest BCUT2D eigenvalue weighted by atomic mass is 10.0. The highest BCUT2D eigenvalue weighted by molar-refractivity contribution is 7.15. The number of alkyl halides is 3. The normalized spacial score (nSPS) is 16.5. The summed E-state index contributed by atoms with van der Waals surface area (Å²) in [7, 11) is 2.88. The van der Waals surface area contributed by atoms with Crippen LogP contribution in [0.3, 0.4) is 0 Å². The smallest absolute Gasteiger partial charge is 0.455 e. The molecular weight excluding hydrogens is 1190 g/mol. The number of benzene rings is 1. The second-order valence-electron chi connectivity index (χ2n) is 18.2. The Kier molecular flexibility index (Phi) is 18.0. The second-order valence-corrected chi connectivity index (χ2v) is 24.0. The van der Waals surface area contributed by atoms with Gasteiger partial charge < -0.3 is 41.4 Å². The van der Waals surface area contributed by atoms with Crippen molar-refractivity contribution in [1.82, 2.24) is 61.5 Å². The number of rotatable bonds is 10. The van der Waals surface area contributed by atoms with Crippen molar-refractivity contribution in [3.05, 3.63) is 111 Å². The van der Waals surface area contributed by atoms with E-state index in [9.17, 15) is 46.7 Å². The number of aromatic nitrogens is 7. The number of methoxy groups -OCH3 is 1. The third-order valence-corrected chi connectivity index (χ3v) is 17.7. The molecule has 4 atom stereocenters. The van der Waals surface area contributed by atoms with Gasteiger partial charge in [0.05, 0.1) is 42.2 Å². The molecule has 0 fully saturated rings. The van der Waals surface area contributed by atoms with Crippen molar-refractivity contribution in [2.45, 2.75) is 71.1 Å². The first kappa shape index (κ1) is 58.8. The number of thiazole rings is 6. The van der Waals surface area contributed by atoms with Crippen molar-refractivity contribution in [2.24, 2.45) is 5.92 Å². The van der Waals surface area contributed by atoms with Gasteiger partial charge in [0, 0.05) is 53.0 Å². The molecule has 0 saturated carbocycles. The molecule has 426 valence electrons. The van der Waals surface area contributed by atoms with E-state index in [0.717, 1.165) is 56.7 Å². The lowest BCUT2D eigenvalue weighted by Crippen LogP contribution is -2.41. The van der Waals surface area contributed by atoms with Crippen LogP contribution in [0, 0.1) is 12.8 Å². The molecule has 9 rings (SSSR count). The Labute approximate surface area is 487 Å². The number of hydrogen-bond acceptors (Lipinski definition) is 22. The number of carbonyl (C=O) groups excluding carboxylic acids is 7. The maximum atomic E-state index is 14.2. The molecule has 22 nitrogen and oxygen atoms in total. The molecule has 0 spiro atoms. The Hall–Kier alpha value is -7.81. The Balaban J connectivity index is 1.15. The van der Waals surface area contributed by atoms with E-state index in [0.29, 0.717) is 36.6 Å². The first-order valence-corrected chi connectivity index (χ1v) is 29.6. The Morgan fingerprint density at radius 3 is 2.12 bits per heavy atom. The van der Waals surface area contributed by atoms with Gasteiger partial charge in [-0.05, 0) is 30.5 Å². The van der Waals surface area contributed by atoms with Gasteiger partial charge in [-0.3, -0.25) is 33.6 Å². The lowest BCUT2D eigenvalue weighted by molar-refractivity contribution is -0.167. The fourth-order valence-electron chi connectivity index (χ4n) is 8.13. The molecule has 0 aliphatic carbocycles. The van der Waals surface area contributed by atoms with Crippen molar-refractivity contribution in [3.8, 4) is 43.4 Å². The summed E-state index contributed by atoms with van der Waals surface area (Å²) in [5.74, 6) is -6.65. The van der Waals surface area contributed by atoms with Crippen molar-refractivity contribution in [3.63, 3.8) is 0 Å². The predicted molar refractivity (Wildman–Crippen MR) is 301 cm³/mol. The Morgan fingerprint density at radius 2 is 1.40 bits per heavy atom. The molecule has 0 saturated heterocycles. The average molecular weight is 1230 g/mol. The van der Waals surface area contributed by atoms with Crippen LogP contribution in [-0.4, -0.2) is 103 Å². The number of esters is 1. The third kappa shape index (κ3) is 13.4. The Morgan fingerprint density at radius 1 is 0.707 bits per heavy atom. The van der Waals surface area contributed by atoms with Crippen molar-refractivity contribution in [2.75, 3.05) is 26.0 Å². The zero-order chi connectivity index (χ0) is 58.6. The third-order valence-electron chi connectivity index (χ3n) is 12.0. The summed E-state index contributed by atoms with van der Waals surface area (Å²) >= 11 is 6.53.